The number of hydrogen-bond donors (Lipinski definition) is 3. The van der Waals surface area contributed by atoms with Gasteiger partial charge in [-0.1, -0.05) is 13.8 Å². The highest BCUT2D eigenvalue weighted by Crippen LogP contribution is 2.24. The van der Waals surface area contributed by atoms with E-state index in [1.807, 2.05) is 0 Å². The fraction of sp³-hybridized carbons (Fsp3) is 1.00. The van der Waals surface area contributed by atoms with Gasteiger partial charge in [-0.25, -0.2) is 0 Å². The van der Waals surface area contributed by atoms with Gasteiger partial charge in [-0.05, 0) is 38.6 Å². The Morgan fingerprint density at radius 2 is 1.67 bits per heavy atom. The van der Waals surface area contributed by atoms with E-state index >= 15 is 0 Å². The molecule has 92 valence electrons. The average Bonchev–Trinajstić information content (AvgIpc) is 2.29. The van der Waals surface area contributed by atoms with Gasteiger partial charge in [-0.2, -0.15) is 0 Å². The first-order chi connectivity index (χ1) is 7.24. The second kappa shape index (κ2) is 9.13. The Morgan fingerprint density at radius 3 is 2.13 bits per heavy atom. The minimum atomic E-state index is 0.0664. The molecule has 0 aromatic carbocycles. The minimum absolute atomic E-state index is 0.0664. The first-order valence-electron chi connectivity index (χ1n) is 6.17. The summed E-state index contributed by atoms with van der Waals surface area (Å²) < 4.78 is 0. The van der Waals surface area contributed by atoms with Gasteiger partial charge in [0.05, 0.1) is 0 Å². The lowest BCUT2D eigenvalue weighted by Crippen LogP contribution is -2.36. The molecular weight excluding hydrogens is 190 g/mol. The number of rotatable bonds is 10. The van der Waals surface area contributed by atoms with Crippen LogP contribution in [0.15, 0.2) is 0 Å². The molecule has 3 heteroatoms. The predicted octanol–water partition coefficient (Wildman–Crippen LogP) is 1.54. The molecule has 0 heterocycles. The van der Waals surface area contributed by atoms with E-state index in [0.717, 1.165) is 45.2 Å². The topological polar surface area (TPSA) is 52.5 Å². The Labute approximate surface area is 93.9 Å². The lowest BCUT2D eigenvalue weighted by atomic mass is 9.83. The summed E-state index contributed by atoms with van der Waals surface area (Å²) >= 11 is 0. The van der Waals surface area contributed by atoms with Gasteiger partial charge in [-0.15, -0.1) is 0 Å². The second-order valence-electron chi connectivity index (χ2n) is 4.33. The van der Waals surface area contributed by atoms with Crippen LogP contribution >= 0.6 is 0 Å². The van der Waals surface area contributed by atoms with Crippen molar-refractivity contribution >= 4 is 0 Å². The van der Waals surface area contributed by atoms with Gasteiger partial charge >= 0.3 is 0 Å². The molecule has 0 rings (SSSR count). The van der Waals surface area contributed by atoms with Crippen molar-refractivity contribution in [2.24, 2.45) is 5.41 Å². The van der Waals surface area contributed by atoms with E-state index in [-0.39, 0.29) is 12.0 Å². The maximum absolute atomic E-state index is 9.34. The van der Waals surface area contributed by atoms with Gasteiger partial charge < -0.3 is 15.5 Å². The molecule has 0 amide bonds. The zero-order valence-electron chi connectivity index (χ0n) is 10.3. The largest absolute Gasteiger partial charge is 0.396 e. The summed E-state index contributed by atoms with van der Waals surface area (Å²) in [5, 5.41) is 21.4. The summed E-state index contributed by atoms with van der Waals surface area (Å²) in [5.41, 5.74) is 0.0664. The van der Waals surface area contributed by atoms with Crippen molar-refractivity contribution in [2.45, 2.75) is 46.0 Å². The van der Waals surface area contributed by atoms with E-state index in [0.29, 0.717) is 6.61 Å². The van der Waals surface area contributed by atoms with Gasteiger partial charge in [0.1, 0.15) is 0 Å². The third-order valence-corrected chi connectivity index (χ3v) is 3.35. The zero-order valence-corrected chi connectivity index (χ0v) is 10.3. The van der Waals surface area contributed by atoms with Crippen LogP contribution in [0.2, 0.25) is 0 Å². The number of aliphatic hydroxyl groups excluding tert-OH is 2. The number of aliphatic hydroxyl groups is 2. The molecule has 0 aromatic heterocycles. The summed E-state index contributed by atoms with van der Waals surface area (Å²) in [5.74, 6) is 0. The molecule has 15 heavy (non-hydrogen) atoms. The number of unbranched alkanes of at least 4 members (excludes halogenated alkanes) is 2. The summed E-state index contributed by atoms with van der Waals surface area (Å²) in [4.78, 5) is 0. The van der Waals surface area contributed by atoms with E-state index < -0.39 is 0 Å². The summed E-state index contributed by atoms with van der Waals surface area (Å²) in [7, 11) is 0. The molecule has 0 spiro atoms. The summed E-state index contributed by atoms with van der Waals surface area (Å²) in [6.07, 6.45) is 5.12. The Bertz CT molecular complexity index is 127. The van der Waals surface area contributed by atoms with Gasteiger partial charge in [0.2, 0.25) is 0 Å². The highest BCUT2D eigenvalue weighted by molar-refractivity contribution is 4.77. The van der Waals surface area contributed by atoms with E-state index in [9.17, 15) is 5.11 Å². The maximum atomic E-state index is 9.34. The smallest absolute Gasteiger partial charge is 0.0499 e. The van der Waals surface area contributed by atoms with E-state index in [1.165, 1.54) is 0 Å². The van der Waals surface area contributed by atoms with E-state index in [4.69, 9.17) is 5.11 Å². The van der Waals surface area contributed by atoms with Crippen LogP contribution in [0, 0.1) is 5.41 Å². The molecule has 0 aliphatic rings. The molecular formula is C12H27NO2. The van der Waals surface area contributed by atoms with Crippen LogP contribution in [0.25, 0.3) is 0 Å². The molecule has 0 atom stereocenters. The van der Waals surface area contributed by atoms with Crippen molar-refractivity contribution in [1.82, 2.24) is 5.32 Å². The Kier molecular flexibility index (Phi) is 9.06. The van der Waals surface area contributed by atoms with Crippen LogP contribution in [0.4, 0.5) is 0 Å². The molecule has 3 nitrogen and oxygen atoms in total. The molecule has 0 saturated heterocycles. The fourth-order valence-corrected chi connectivity index (χ4v) is 1.67. The molecule has 0 bridgehead atoms. The fourth-order valence-electron chi connectivity index (χ4n) is 1.67. The van der Waals surface area contributed by atoms with E-state index in [1.54, 1.807) is 0 Å². The first kappa shape index (κ1) is 14.9. The SMILES string of the molecule is CCC(CC)(CO)CNCCCCCO. The third kappa shape index (κ3) is 6.13. The second-order valence-corrected chi connectivity index (χ2v) is 4.33. The predicted molar refractivity (Wildman–Crippen MR) is 63.9 cm³/mol. The average molecular weight is 217 g/mol. The Balaban J connectivity index is 3.54. The molecule has 0 fully saturated rings. The molecule has 0 unspecified atom stereocenters. The van der Waals surface area contributed by atoms with Crippen molar-refractivity contribution in [2.75, 3.05) is 26.3 Å². The van der Waals surface area contributed by atoms with Crippen LogP contribution in [0.1, 0.15) is 46.0 Å². The molecule has 0 aliphatic heterocycles. The normalized spacial score (nSPS) is 12.0. The van der Waals surface area contributed by atoms with Gasteiger partial charge in [-0.3, -0.25) is 0 Å². The summed E-state index contributed by atoms with van der Waals surface area (Å²) in [6.45, 7) is 6.71. The van der Waals surface area contributed by atoms with Crippen LogP contribution in [0.3, 0.4) is 0 Å². The van der Waals surface area contributed by atoms with Crippen LogP contribution in [0.5, 0.6) is 0 Å². The minimum Gasteiger partial charge on any atom is -0.396 e. The lowest BCUT2D eigenvalue weighted by Gasteiger charge is -2.29. The van der Waals surface area contributed by atoms with Gasteiger partial charge in [0, 0.05) is 25.2 Å². The van der Waals surface area contributed by atoms with Gasteiger partial charge in [0.25, 0.3) is 0 Å². The van der Waals surface area contributed by atoms with E-state index in [2.05, 4.69) is 19.2 Å². The quantitative estimate of drug-likeness (QED) is 0.487. The van der Waals surface area contributed by atoms with Crippen molar-refractivity contribution in [3.05, 3.63) is 0 Å². The van der Waals surface area contributed by atoms with Crippen LogP contribution < -0.4 is 5.32 Å². The number of hydrogen-bond acceptors (Lipinski definition) is 3. The molecule has 0 saturated carbocycles. The van der Waals surface area contributed by atoms with Crippen LogP contribution in [-0.4, -0.2) is 36.5 Å². The lowest BCUT2D eigenvalue weighted by molar-refractivity contribution is 0.113. The van der Waals surface area contributed by atoms with Crippen molar-refractivity contribution in [3.63, 3.8) is 0 Å². The van der Waals surface area contributed by atoms with Crippen molar-refractivity contribution < 1.29 is 10.2 Å². The highest BCUT2D eigenvalue weighted by atomic mass is 16.3. The molecule has 0 aliphatic carbocycles. The monoisotopic (exact) mass is 217 g/mol. The molecule has 0 radical (unpaired) electrons. The van der Waals surface area contributed by atoms with Crippen molar-refractivity contribution in [3.8, 4) is 0 Å². The third-order valence-electron chi connectivity index (χ3n) is 3.35. The molecule has 3 N–H and O–H groups in total. The Morgan fingerprint density at radius 1 is 1.00 bits per heavy atom. The zero-order chi connectivity index (χ0) is 11.6. The Hall–Kier alpha value is -0.120. The van der Waals surface area contributed by atoms with Gasteiger partial charge in [0.15, 0.2) is 0 Å². The standard InChI is InChI=1S/C12H27NO2/c1-3-12(4-2,11-15)10-13-8-6-5-7-9-14/h13-15H,3-11H2,1-2H3. The number of nitrogens with one attached hydrogen (secondary N) is 1. The summed E-state index contributed by atoms with van der Waals surface area (Å²) in [6, 6.07) is 0. The first-order valence-corrected chi connectivity index (χ1v) is 6.17. The highest BCUT2D eigenvalue weighted by Gasteiger charge is 2.24. The van der Waals surface area contributed by atoms with Crippen molar-refractivity contribution in [1.29, 1.82) is 0 Å². The van der Waals surface area contributed by atoms with Crippen LogP contribution in [-0.2, 0) is 0 Å². The maximum Gasteiger partial charge on any atom is 0.0499 e. The molecule has 0 aromatic rings.